The molecule has 0 heterocycles. The molecule has 76 valence electrons. The minimum Gasteiger partial charge on any atom is -0.394 e. The first kappa shape index (κ1) is 14.4. The summed E-state index contributed by atoms with van der Waals surface area (Å²) in [7, 11) is 0. The topological polar surface area (TPSA) is 49.7 Å². The van der Waals surface area contributed by atoms with Crippen LogP contribution in [0.25, 0.3) is 0 Å². The van der Waals surface area contributed by atoms with Gasteiger partial charge >= 0.3 is 0 Å². The number of unbranched alkanes of at least 4 members (excludes halogenated alkanes) is 2. The average molecular weight is 178 g/mol. The third-order valence-electron chi connectivity index (χ3n) is 1.20. The van der Waals surface area contributed by atoms with Gasteiger partial charge in [-0.3, -0.25) is 0 Å². The van der Waals surface area contributed by atoms with Crippen LogP contribution < -0.4 is 0 Å². The molecule has 12 heavy (non-hydrogen) atoms. The largest absolute Gasteiger partial charge is 0.394 e. The van der Waals surface area contributed by atoms with Crippen molar-refractivity contribution in [1.29, 1.82) is 0 Å². The standard InChI is InChI=1S/C7H16O.C2H6O2/c1-3-5-6-7-8-4-2;3-1-2-4/h3-7H2,1-2H3;3-4H,1-2H2. The van der Waals surface area contributed by atoms with Crippen LogP contribution in [-0.4, -0.2) is 36.6 Å². The molecule has 0 saturated carbocycles. The minimum absolute atomic E-state index is 0.125. The van der Waals surface area contributed by atoms with Crippen molar-refractivity contribution in [3.8, 4) is 0 Å². The van der Waals surface area contributed by atoms with Crippen molar-refractivity contribution in [2.24, 2.45) is 0 Å². The maximum atomic E-state index is 7.62. The Balaban J connectivity index is 0. The van der Waals surface area contributed by atoms with Gasteiger partial charge in [-0.15, -0.1) is 0 Å². The molecule has 0 saturated heterocycles. The lowest BCUT2D eigenvalue weighted by molar-refractivity contribution is 0.143. The van der Waals surface area contributed by atoms with Gasteiger partial charge in [0.1, 0.15) is 0 Å². The zero-order chi connectivity index (χ0) is 9.66. The van der Waals surface area contributed by atoms with Crippen molar-refractivity contribution in [2.45, 2.75) is 33.1 Å². The number of hydrogen-bond acceptors (Lipinski definition) is 3. The zero-order valence-corrected chi connectivity index (χ0v) is 8.25. The van der Waals surface area contributed by atoms with Gasteiger partial charge in [-0.2, -0.15) is 0 Å². The molecule has 0 radical (unpaired) electrons. The summed E-state index contributed by atoms with van der Waals surface area (Å²) in [5.74, 6) is 0. The third kappa shape index (κ3) is 22.5. The van der Waals surface area contributed by atoms with Gasteiger partial charge in [-0.25, -0.2) is 0 Å². The first-order valence-corrected chi connectivity index (χ1v) is 4.62. The highest BCUT2D eigenvalue weighted by molar-refractivity contribution is 4.34. The van der Waals surface area contributed by atoms with Crippen molar-refractivity contribution < 1.29 is 14.9 Å². The highest BCUT2D eigenvalue weighted by Crippen LogP contribution is 1.92. The second-order valence-corrected chi connectivity index (χ2v) is 2.35. The van der Waals surface area contributed by atoms with Gasteiger partial charge in [0.2, 0.25) is 0 Å². The minimum atomic E-state index is -0.125. The zero-order valence-electron chi connectivity index (χ0n) is 8.25. The molecular weight excluding hydrogens is 156 g/mol. The summed E-state index contributed by atoms with van der Waals surface area (Å²) in [4.78, 5) is 0. The number of rotatable bonds is 6. The van der Waals surface area contributed by atoms with E-state index in [1.807, 2.05) is 6.92 Å². The maximum absolute atomic E-state index is 7.62. The normalized spacial score (nSPS) is 9.00. The molecular formula is C9H22O3. The number of aliphatic hydroxyl groups is 2. The fraction of sp³-hybridized carbons (Fsp3) is 1.00. The Labute approximate surface area is 75.4 Å². The van der Waals surface area contributed by atoms with E-state index in [4.69, 9.17) is 14.9 Å². The van der Waals surface area contributed by atoms with Gasteiger partial charge in [-0.1, -0.05) is 19.8 Å². The van der Waals surface area contributed by atoms with Crippen molar-refractivity contribution in [1.82, 2.24) is 0 Å². The summed E-state index contributed by atoms with van der Waals surface area (Å²) >= 11 is 0. The molecule has 0 spiro atoms. The van der Waals surface area contributed by atoms with E-state index in [-0.39, 0.29) is 13.2 Å². The molecule has 0 aromatic rings. The molecule has 0 aromatic carbocycles. The fourth-order valence-electron chi connectivity index (χ4n) is 0.598. The summed E-state index contributed by atoms with van der Waals surface area (Å²) in [6.07, 6.45) is 3.82. The van der Waals surface area contributed by atoms with E-state index in [0.29, 0.717) is 0 Å². The van der Waals surface area contributed by atoms with Crippen LogP contribution in [0.2, 0.25) is 0 Å². The Bertz CT molecular complexity index is 49.7. The smallest absolute Gasteiger partial charge is 0.0662 e. The number of aliphatic hydroxyl groups excluding tert-OH is 2. The van der Waals surface area contributed by atoms with Gasteiger partial charge in [0.05, 0.1) is 13.2 Å². The third-order valence-corrected chi connectivity index (χ3v) is 1.20. The van der Waals surface area contributed by atoms with Crippen LogP contribution in [-0.2, 0) is 4.74 Å². The summed E-state index contributed by atoms with van der Waals surface area (Å²) in [5.41, 5.74) is 0. The molecule has 0 unspecified atom stereocenters. The van der Waals surface area contributed by atoms with E-state index < -0.39 is 0 Å². The first-order valence-electron chi connectivity index (χ1n) is 4.62. The Morgan fingerprint density at radius 1 is 1.00 bits per heavy atom. The van der Waals surface area contributed by atoms with Crippen LogP contribution in [0, 0.1) is 0 Å². The molecule has 3 heteroatoms. The first-order chi connectivity index (χ1) is 5.83. The highest BCUT2D eigenvalue weighted by atomic mass is 16.5. The lowest BCUT2D eigenvalue weighted by Gasteiger charge is -1.96. The predicted octanol–water partition coefficient (Wildman–Crippen LogP) is 1.18. The number of ether oxygens (including phenoxy) is 1. The Morgan fingerprint density at radius 3 is 1.92 bits per heavy atom. The van der Waals surface area contributed by atoms with Crippen LogP contribution in [0.3, 0.4) is 0 Å². The van der Waals surface area contributed by atoms with Gasteiger partial charge in [-0.05, 0) is 13.3 Å². The van der Waals surface area contributed by atoms with E-state index in [9.17, 15) is 0 Å². The van der Waals surface area contributed by atoms with Crippen LogP contribution in [0.15, 0.2) is 0 Å². The van der Waals surface area contributed by atoms with Gasteiger partial charge in [0.25, 0.3) is 0 Å². The van der Waals surface area contributed by atoms with Crippen molar-refractivity contribution in [3.05, 3.63) is 0 Å². The predicted molar refractivity (Wildman–Crippen MR) is 50.2 cm³/mol. The molecule has 0 aliphatic carbocycles. The SMILES string of the molecule is CCCCCOCC.OCCO. The summed E-state index contributed by atoms with van der Waals surface area (Å²) in [6, 6.07) is 0. The molecule has 0 atom stereocenters. The average Bonchev–Trinajstić information content (AvgIpc) is 2.13. The maximum Gasteiger partial charge on any atom is 0.0662 e. The van der Waals surface area contributed by atoms with Gasteiger partial charge < -0.3 is 14.9 Å². The van der Waals surface area contributed by atoms with Crippen LogP contribution in [0.5, 0.6) is 0 Å². The van der Waals surface area contributed by atoms with Crippen molar-refractivity contribution in [2.75, 3.05) is 26.4 Å². The van der Waals surface area contributed by atoms with Crippen molar-refractivity contribution in [3.63, 3.8) is 0 Å². The van der Waals surface area contributed by atoms with E-state index in [1.54, 1.807) is 0 Å². The van der Waals surface area contributed by atoms with Gasteiger partial charge in [0.15, 0.2) is 0 Å². The molecule has 0 amide bonds. The van der Waals surface area contributed by atoms with Crippen LogP contribution in [0.1, 0.15) is 33.1 Å². The van der Waals surface area contributed by atoms with Gasteiger partial charge in [0, 0.05) is 13.2 Å². The lowest BCUT2D eigenvalue weighted by Crippen LogP contribution is -1.91. The summed E-state index contributed by atoms with van der Waals surface area (Å²) < 4.78 is 5.14. The monoisotopic (exact) mass is 178 g/mol. The molecule has 3 nitrogen and oxygen atoms in total. The Hall–Kier alpha value is -0.120. The summed E-state index contributed by atoms with van der Waals surface area (Å²) in [6.45, 7) is 5.80. The highest BCUT2D eigenvalue weighted by Gasteiger charge is 1.82. The number of hydrogen-bond donors (Lipinski definition) is 2. The fourth-order valence-corrected chi connectivity index (χ4v) is 0.598. The van der Waals surface area contributed by atoms with Crippen LogP contribution in [0.4, 0.5) is 0 Å². The quantitative estimate of drug-likeness (QED) is 0.600. The molecule has 0 aliphatic heterocycles. The molecule has 0 fully saturated rings. The lowest BCUT2D eigenvalue weighted by atomic mass is 10.3. The summed E-state index contributed by atoms with van der Waals surface area (Å²) in [5, 5.41) is 15.2. The van der Waals surface area contributed by atoms with E-state index >= 15 is 0 Å². The molecule has 0 bridgehead atoms. The van der Waals surface area contributed by atoms with Crippen LogP contribution >= 0.6 is 0 Å². The van der Waals surface area contributed by atoms with E-state index in [2.05, 4.69) is 6.92 Å². The second-order valence-electron chi connectivity index (χ2n) is 2.35. The second kappa shape index (κ2) is 17.1. The Kier molecular flexibility index (Phi) is 20.5. The molecule has 2 N–H and O–H groups in total. The molecule has 0 rings (SSSR count). The van der Waals surface area contributed by atoms with Crippen molar-refractivity contribution >= 4 is 0 Å². The molecule has 0 aliphatic rings. The Morgan fingerprint density at radius 2 is 1.58 bits per heavy atom. The molecule has 0 aromatic heterocycles. The van der Waals surface area contributed by atoms with E-state index in [1.165, 1.54) is 19.3 Å². The van der Waals surface area contributed by atoms with E-state index in [0.717, 1.165) is 13.2 Å².